The van der Waals surface area contributed by atoms with Crippen LogP contribution in [0.3, 0.4) is 0 Å². The van der Waals surface area contributed by atoms with Gasteiger partial charge in [-0.25, -0.2) is 4.79 Å². The molecule has 5 nitrogen and oxygen atoms in total. The highest BCUT2D eigenvalue weighted by atomic mass is 16.4. The van der Waals surface area contributed by atoms with Crippen molar-refractivity contribution in [2.45, 2.75) is 58.9 Å². The molecule has 0 bridgehead atoms. The van der Waals surface area contributed by atoms with Gasteiger partial charge in [0.2, 0.25) is 0 Å². The molecule has 116 valence electrons. The number of carbonyl (C=O) groups is 2. The second kappa shape index (κ2) is 8.12. The maximum Gasteiger partial charge on any atom is 0.317 e. The summed E-state index contributed by atoms with van der Waals surface area (Å²) in [6.45, 7) is 7.09. The van der Waals surface area contributed by atoms with Crippen molar-refractivity contribution in [2.24, 2.45) is 11.8 Å². The number of nitrogens with one attached hydrogen (secondary N) is 1. The van der Waals surface area contributed by atoms with Crippen LogP contribution in [0, 0.1) is 11.8 Å². The third-order valence-corrected chi connectivity index (χ3v) is 3.61. The van der Waals surface area contributed by atoms with Crippen molar-refractivity contribution in [1.29, 1.82) is 0 Å². The van der Waals surface area contributed by atoms with Crippen LogP contribution >= 0.6 is 0 Å². The van der Waals surface area contributed by atoms with Crippen molar-refractivity contribution in [3.05, 3.63) is 0 Å². The van der Waals surface area contributed by atoms with Crippen molar-refractivity contribution in [3.8, 4) is 0 Å². The molecule has 1 aliphatic rings. The zero-order valence-electron chi connectivity index (χ0n) is 12.9. The van der Waals surface area contributed by atoms with Gasteiger partial charge < -0.3 is 15.3 Å². The molecular weight excluding hydrogens is 256 g/mol. The maximum atomic E-state index is 12.2. The van der Waals surface area contributed by atoms with Crippen molar-refractivity contribution in [3.63, 3.8) is 0 Å². The Bertz CT molecular complexity index is 327. The standard InChI is InChI=1S/C15H28N2O3/c1-4-5-8-17(13-6-7-13)15(20)16-10-12(14(18)19)9-11(2)3/h11-13H,4-10H2,1-3H3,(H,16,20)(H,18,19). The fraction of sp³-hybridized carbons (Fsp3) is 0.867. The molecule has 2 amide bonds. The fourth-order valence-electron chi connectivity index (χ4n) is 2.32. The second-order valence-corrected chi connectivity index (χ2v) is 6.13. The van der Waals surface area contributed by atoms with E-state index in [9.17, 15) is 14.7 Å². The fourth-order valence-corrected chi connectivity index (χ4v) is 2.32. The summed E-state index contributed by atoms with van der Waals surface area (Å²) >= 11 is 0. The van der Waals surface area contributed by atoms with Crippen molar-refractivity contribution in [2.75, 3.05) is 13.1 Å². The van der Waals surface area contributed by atoms with Crippen molar-refractivity contribution < 1.29 is 14.7 Å². The molecule has 0 spiro atoms. The van der Waals surface area contributed by atoms with Gasteiger partial charge in [-0.3, -0.25) is 4.79 Å². The molecule has 5 heteroatoms. The lowest BCUT2D eigenvalue weighted by atomic mass is 9.97. The van der Waals surface area contributed by atoms with Crippen molar-refractivity contribution in [1.82, 2.24) is 10.2 Å². The summed E-state index contributed by atoms with van der Waals surface area (Å²) in [7, 11) is 0. The summed E-state index contributed by atoms with van der Waals surface area (Å²) in [5.41, 5.74) is 0. The number of hydrogen-bond donors (Lipinski definition) is 2. The van der Waals surface area contributed by atoms with Crippen LogP contribution in [-0.2, 0) is 4.79 Å². The van der Waals surface area contributed by atoms with Crippen LogP contribution in [0.5, 0.6) is 0 Å². The number of nitrogens with zero attached hydrogens (tertiary/aromatic N) is 1. The molecule has 1 unspecified atom stereocenters. The predicted molar refractivity (Wildman–Crippen MR) is 78.6 cm³/mol. The van der Waals surface area contributed by atoms with Crippen LogP contribution in [0.15, 0.2) is 0 Å². The van der Waals surface area contributed by atoms with Gasteiger partial charge in [-0.2, -0.15) is 0 Å². The third kappa shape index (κ3) is 5.80. The SMILES string of the molecule is CCCCN(C(=O)NCC(CC(C)C)C(=O)O)C1CC1. The summed E-state index contributed by atoms with van der Waals surface area (Å²) in [5.74, 6) is -1.01. The van der Waals surface area contributed by atoms with E-state index in [2.05, 4.69) is 12.2 Å². The van der Waals surface area contributed by atoms with E-state index in [4.69, 9.17) is 0 Å². The van der Waals surface area contributed by atoms with Crippen LogP contribution in [-0.4, -0.2) is 41.1 Å². The zero-order chi connectivity index (χ0) is 15.1. The Hall–Kier alpha value is -1.26. The first-order valence-electron chi connectivity index (χ1n) is 7.73. The van der Waals surface area contributed by atoms with E-state index < -0.39 is 11.9 Å². The average Bonchev–Trinajstić information content (AvgIpc) is 3.18. The number of hydrogen-bond acceptors (Lipinski definition) is 2. The van der Waals surface area contributed by atoms with Gasteiger partial charge in [0.1, 0.15) is 0 Å². The lowest BCUT2D eigenvalue weighted by Gasteiger charge is -2.24. The molecule has 0 aliphatic heterocycles. The average molecular weight is 284 g/mol. The molecule has 1 fully saturated rings. The highest BCUT2D eigenvalue weighted by molar-refractivity contribution is 5.76. The third-order valence-electron chi connectivity index (χ3n) is 3.61. The molecule has 1 saturated carbocycles. The summed E-state index contributed by atoms with van der Waals surface area (Å²) in [4.78, 5) is 25.2. The minimum absolute atomic E-state index is 0.101. The number of carboxylic acids is 1. The number of carboxylic acid groups (broad SMARTS) is 1. The smallest absolute Gasteiger partial charge is 0.317 e. The van der Waals surface area contributed by atoms with Crippen LogP contribution in [0.1, 0.15) is 52.9 Å². The number of amides is 2. The minimum atomic E-state index is -0.828. The summed E-state index contributed by atoms with van der Waals surface area (Å²) in [6, 6.07) is 0.269. The molecule has 0 radical (unpaired) electrons. The number of urea groups is 1. The van der Waals surface area contributed by atoms with Crippen LogP contribution in [0.2, 0.25) is 0 Å². The van der Waals surface area contributed by atoms with Gasteiger partial charge in [-0.15, -0.1) is 0 Å². The van der Waals surface area contributed by atoms with Crippen LogP contribution < -0.4 is 5.32 Å². The van der Waals surface area contributed by atoms with Crippen LogP contribution in [0.4, 0.5) is 4.79 Å². The maximum absolute atomic E-state index is 12.2. The van der Waals surface area contributed by atoms with E-state index in [0.29, 0.717) is 18.4 Å². The Balaban J connectivity index is 2.43. The quantitative estimate of drug-likeness (QED) is 0.684. The van der Waals surface area contributed by atoms with E-state index in [-0.39, 0.29) is 12.6 Å². The lowest BCUT2D eigenvalue weighted by molar-refractivity contribution is -0.142. The molecule has 0 aromatic carbocycles. The Kier molecular flexibility index (Phi) is 6.82. The number of carbonyl (C=O) groups excluding carboxylic acids is 1. The molecule has 20 heavy (non-hydrogen) atoms. The van der Waals surface area contributed by atoms with Gasteiger partial charge in [0.15, 0.2) is 0 Å². The van der Waals surface area contributed by atoms with Gasteiger partial charge in [0.25, 0.3) is 0 Å². The zero-order valence-corrected chi connectivity index (χ0v) is 12.9. The largest absolute Gasteiger partial charge is 0.481 e. The monoisotopic (exact) mass is 284 g/mol. The van der Waals surface area contributed by atoms with Gasteiger partial charge in [-0.1, -0.05) is 27.2 Å². The van der Waals surface area contributed by atoms with Crippen molar-refractivity contribution >= 4 is 12.0 Å². The van der Waals surface area contributed by atoms with Crippen LogP contribution in [0.25, 0.3) is 0 Å². The molecule has 0 aromatic rings. The van der Waals surface area contributed by atoms with E-state index in [1.54, 1.807) is 0 Å². The lowest BCUT2D eigenvalue weighted by Crippen LogP contribution is -2.44. The van der Waals surface area contributed by atoms with Gasteiger partial charge in [0, 0.05) is 19.1 Å². The summed E-state index contributed by atoms with van der Waals surface area (Å²) in [5, 5.41) is 12.0. The first-order chi connectivity index (χ1) is 9.45. The van der Waals surface area contributed by atoms with Gasteiger partial charge in [-0.05, 0) is 31.6 Å². The van der Waals surface area contributed by atoms with Gasteiger partial charge >= 0.3 is 12.0 Å². The Labute approximate surface area is 121 Å². The molecule has 0 heterocycles. The van der Waals surface area contributed by atoms with E-state index in [0.717, 1.165) is 32.2 Å². The number of rotatable bonds is 9. The molecule has 1 rings (SSSR count). The summed E-state index contributed by atoms with van der Waals surface area (Å²) in [6.07, 6.45) is 4.80. The summed E-state index contributed by atoms with van der Waals surface area (Å²) < 4.78 is 0. The van der Waals surface area contributed by atoms with E-state index in [1.807, 2.05) is 18.7 Å². The Morgan fingerprint density at radius 2 is 2.00 bits per heavy atom. The molecule has 1 aliphatic carbocycles. The van der Waals surface area contributed by atoms with E-state index >= 15 is 0 Å². The first-order valence-corrected chi connectivity index (χ1v) is 7.73. The highest BCUT2D eigenvalue weighted by Crippen LogP contribution is 2.27. The minimum Gasteiger partial charge on any atom is -0.481 e. The molecule has 0 aromatic heterocycles. The Morgan fingerprint density at radius 3 is 2.45 bits per heavy atom. The second-order valence-electron chi connectivity index (χ2n) is 6.13. The molecule has 1 atom stereocenters. The van der Waals surface area contributed by atoms with E-state index in [1.165, 1.54) is 0 Å². The van der Waals surface area contributed by atoms with Gasteiger partial charge in [0.05, 0.1) is 5.92 Å². The first kappa shape index (κ1) is 16.8. The topological polar surface area (TPSA) is 69.6 Å². The molecular formula is C15H28N2O3. The Morgan fingerprint density at radius 1 is 1.35 bits per heavy atom. The number of aliphatic carboxylic acids is 1. The normalized spacial score (nSPS) is 16.0. The number of unbranched alkanes of at least 4 members (excludes halogenated alkanes) is 1. The molecule has 0 saturated heterocycles. The predicted octanol–water partition coefficient (Wildman–Crippen LogP) is 2.71. The molecule has 2 N–H and O–H groups in total. The highest BCUT2D eigenvalue weighted by Gasteiger charge is 2.32.